The number of anilines is 1. The van der Waals surface area contributed by atoms with Gasteiger partial charge in [0.2, 0.25) is 0 Å². The van der Waals surface area contributed by atoms with Crippen molar-refractivity contribution in [3.05, 3.63) is 64.7 Å². The Morgan fingerprint density at radius 1 is 0.660 bits per heavy atom. The lowest BCUT2D eigenvalue weighted by Crippen LogP contribution is -2.29. The molecule has 0 aliphatic rings. The molecule has 2 aromatic rings. The molecule has 0 bridgehead atoms. The number of hydrogen-bond donors (Lipinski definition) is 1. The molecule has 15 heteroatoms. The Kier molecular flexibility index (Phi) is 16.0. The van der Waals surface area contributed by atoms with Crippen molar-refractivity contribution in [2.24, 2.45) is 0 Å². The summed E-state index contributed by atoms with van der Waals surface area (Å²) in [6.45, 7) is 15.1. The molecule has 0 aromatic heterocycles. The summed E-state index contributed by atoms with van der Waals surface area (Å²) in [6, 6.07) is 8.48. The molecule has 0 unspecified atom stereocenters. The summed E-state index contributed by atoms with van der Waals surface area (Å²) in [7, 11) is 2.35. The summed E-state index contributed by atoms with van der Waals surface area (Å²) in [5, 5.41) is 11.0. The second-order valence-electron chi connectivity index (χ2n) is 12.1. The summed E-state index contributed by atoms with van der Waals surface area (Å²) in [4.78, 5) is 56.1. The second-order valence-corrected chi connectivity index (χ2v) is 12.1. The average molecular weight is 667 g/mol. The van der Waals surface area contributed by atoms with E-state index in [0.717, 1.165) is 24.3 Å². The van der Waals surface area contributed by atoms with Crippen LogP contribution in [0.1, 0.15) is 88.6 Å². The lowest BCUT2D eigenvalue weighted by Gasteiger charge is -2.20. The van der Waals surface area contributed by atoms with Gasteiger partial charge >= 0.3 is 30.3 Å². The number of carbonyl (C=O) groups excluding carboxylic acids is 5. The average Bonchev–Trinajstić information content (AvgIpc) is 2.90. The van der Waals surface area contributed by atoms with Gasteiger partial charge in [-0.05, 0) is 98.7 Å². The predicted molar refractivity (Wildman–Crippen MR) is 164 cm³/mol. The molecular formula is C32H40F2N2O11. The molecule has 0 atom stereocenters. The molecule has 47 heavy (non-hydrogen) atoms. The first-order valence-electron chi connectivity index (χ1n) is 13.7. The van der Waals surface area contributed by atoms with E-state index in [9.17, 15) is 32.8 Å². The van der Waals surface area contributed by atoms with Gasteiger partial charge in [0, 0.05) is 0 Å². The number of carbonyl (C=O) groups is 5. The van der Waals surface area contributed by atoms with Gasteiger partial charge < -0.3 is 28.4 Å². The monoisotopic (exact) mass is 666 g/mol. The van der Waals surface area contributed by atoms with Gasteiger partial charge in [0.25, 0.3) is 0 Å². The number of nitrogens with zero attached hydrogens (tertiary/aromatic N) is 1. The normalized spacial score (nSPS) is 10.6. The number of amides is 1. The van der Waals surface area contributed by atoms with Gasteiger partial charge in [-0.3, -0.25) is 5.32 Å². The number of hydrogen-bond acceptors (Lipinski definition) is 12. The number of ether oxygens (including phenoxy) is 6. The van der Waals surface area contributed by atoms with Gasteiger partial charge in [-0.2, -0.15) is 5.26 Å². The Bertz CT molecular complexity index is 1440. The van der Waals surface area contributed by atoms with Crippen LogP contribution in [-0.2, 0) is 28.4 Å². The lowest BCUT2D eigenvalue weighted by molar-refractivity contribution is -0.0294. The maximum absolute atomic E-state index is 13.1. The number of benzene rings is 2. The number of halogens is 2. The van der Waals surface area contributed by atoms with Gasteiger partial charge in [0.1, 0.15) is 34.5 Å². The number of nitrogens with one attached hydrogen (secondary N) is 1. The first-order chi connectivity index (χ1) is 21.4. The first-order valence-corrected chi connectivity index (χ1v) is 13.7. The molecular weight excluding hydrogens is 626 g/mol. The molecule has 0 aliphatic carbocycles. The van der Waals surface area contributed by atoms with Crippen molar-refractivity contribution in [2.45, 2.75) is 79.1 Å². The number of esters is 2. The highest BCUT2D eigenvalue weighted by molar-refractivity contribution is 5.99. The summed E-state index contributed by atoms with van der Waals surface area (Å²) >= 11 is 0. The third-order valence-corrected chi connectivity index (χ3v) is 4.48. The van der Waals surface area contributed by atoms with Crippen molar-refractivity contribution in [3.8, 4) is 6.07 Å². The summed E-state index contributed by atoms with van der Waals surface area (Å²) in [5.41, 5.74) is -1.96. The Labute approximate surface area is 272 Å². The minimum absolute atomic E-state index is 0.0509. The molecule has 13 nitrogen and oxygen atoms in total. The Balaban J connectivity index is 0.000000689. The molecule has 0 heterocycles. The summed E-state index contributed by atoms with van der Waals surface area (Å²) in [6.07, 6.45) is -2.85. The van der Waals surface area contributed by atoms with E-state index in [1.54, 1.807) is 68.4 Å². The van der Waals surface area contributed by atoms with E-state index in [1.165, 1.54) is 26.4 Å². The largest absolute Gasteiger partial charge is 0.519 e. The van der Waals surface area contributed by atoms with Gasteiger partial charge in [-0.1, -0.05) is 0 Å². The number of nitriles is 1. The maximum Gasteiger partial charge on any atom is 0.519 e. The van der Waals surface area contributed by atoms with Crippen LogP contribution >= 0.6 is 0 Å². The lowest BCUT2D eigenvalue weighted by atomic mass is 10.1. The zero-order chi connectivity index (χ0) is 36.8. The van der Waals surface area contributed by atoms with E-state index < -0.39 is 58.8 Å². The molecule has 0 fully saturated rings. The van der Waals surface area contributed by atoms with Crippen LogP contribution < -0.4 is 5.32 Å². The van der Waals surface area contributed by atoms with Crippen LogP contribution in [0.2, 0.25) is 0 Å². The van der Waals surface area contributed by atoms with E-state index in [1.807, 2.05) is 0 Å². The van der Waals surface area contributed by atoms with Crippen molar-refractivity contribution in [1.82, 2.24) is 0 Å². The second kappa shape index (κ2) is 18.0. The zero-order valence-corrected chi connectivity index (χ0v) is 28.2. The third kappa shape index (κ3) is 18.3. The highest BCUT2D eigenvalue weighted by Gasteiger charge is 2.24. The Morgan fingerprint density at radius 2 is 1.06 bits per heavy atom. The van der Waals surface area contributed by atoms with E-state index >= 15 is 0 Å². The highest BCUT2D eigenvalue weighted by Crippen LogP contribution is 2.19. The Hall–Kier alpha value is -5.26. The quantitative estimate of drug-likeness (QED) is 0.196. The third-order valence-electron chi connectivity index (χ3n) is 4.48. The highest BCUT2D eigenvalue weighted by atomic mass is 19.1. The van der Waals surface area contributed by atoms with Crippen molar-refractivity contribution < 1.29 is 61.2 Å². The van der Waals surface area contributed by atoms with Crippen molar-refractivity contribution >= 4 is 36.0 Å². The number of rotatable bonds is 3. The van der Waals surface area contributed by atoms with Crippen LogP contribution in [0.5, 0.6) is 0 Å². The molecule has 0 radical (unpaired) electrons. The van der Waals surface area contributed by atoms with E-state index in [-0.39, 0.29) is 22.4 Å². The van der Waals surface area contributed by atoms with Crippen molar-refractivity contribution in [2.75, 3.05) is 19.5 Å². The molecule has 1 N–H and O–H groups in total. The molecule has 0 saturated carbocycles. The van der Waals surface area contributed by atoms with Crippen molar-refractivity contribution in [3.63, 3.8) is 0 Å². The molecule has 2 aromatic carbocycles. The van der Waals surface area contributed by atoms with Crippen LogP contribution in [0, 0.1) is 23.0 Å². The molecule has 0 spiro atoms. The van der Waals surface area contributed by atoms with Gasteiger partial charge in [0.15, 0.2) is 0 Å². The smallest absolute Gasteiger partial charge is 0.465 e. The van der Waals surface area contributed by atoms with Gasteiger partial charge in [-0.15, -0.1) is 0 Å². The summed E-state index contributed by atoms with van der Waals surface area (Å²) in [5.74, 6) is -2.63. The Morgan fingerprint density at radius 3 is 1.47 bits per heavy atom. The van der Waals surface area contributed by atoms with Gasteiger partial charge in [-0.25, -0.2) is 32.8 Å². The van der Waals surface area contributed by atoms with Crippen LogP contribution in [-0.4, -0.2) is 61.4 Å². The van der Waals surface area contributed by atoms with Crippen LogP contribution in [0.4, 0.5) is 28.9 Å². The fourth-order valence-electron chi connectivity index (χ4n) is 2.82. The molecule has 258 valence electrons. The topological polar surface area (TPSA) is 177 Å². The molecule has 1 amide bonds. The van der Waals surface area contributed by atoms with E-state index in [0.29, 0.717) is 0 Å². The minimum Gasteiger partial charge on any atom is -0.465 e. The predicted octanol–water partition coefficient (Wildman–Crippen LogP) is 7.32. The first kappa shape index (κ1) is 41.7. The number of methoxy groups -OCH3 is 2. The van der Waals surface area contributed by atoms with Crippen LogP contribution in [0.25, 0.3) is 0 Å². The van der Waals surface area contributed by atoms with E-state index in [4.69, 9.17) is 19.5 Å². The van der Waals surface area contributed by atoms with Gasteiger partial charge in [0.05, 0.1) is 36.6 Å². The SMILES string of the molecule is CC(C)(C)OC(=O)OC(=O)OC(C)(C)C.COC(=O)c1cc(F)ccc1C#N.COC(=O)c1cc(F)ccc1NC(=O)OC(C)(C)C. The standard InChI is InChI=1S/C13H16FNO4.C10H18O5.C9H6FNO2/c1-13(2,3)19-12(17)15-10-6-5-8(14)7-9(10)11(16)18-4;1-9(2,3)14-7(11)13-8(12)15-10(4,5)6;1-13-9(12)8-4-7(10)3-2-6(8)5-11/h5-7H,1-4H3,(H,15,17);1-6H3;2-4H,1H3. The summed E-state index contributed by atoms with van der Waals surface area (Å²) < 4.78 is 53.5. The van der Waals surface area contributed by atoms with Crippen LogP contribution in [0.15, 0.2) is 36.4 Å². The molecule has 2 rings (SSSR count). The zero-order valence-electron chi connectivity index (χ0n) is 28.2. The molecule has 0 saturated heterocycles. The molecule has 0 aliphatic heterocycles. The van der Waals surface area contributed by atoms with Crippen molar-refractivity contribution in [1.29, 1.82) is 5.26 Å². The maximum atomic E-state index is 13.1. The fraction of sp³-hybridized carbons (Fsp3) is 0.438. The van der Waals surface area contributed by atoms with E-state index in [2.05, 4.69) is 19.5 Å². The fourth-order valence-corrected chi connectivity index (χ4v) is 2.82. The van der Waals surface area contributed by atoms with Crippen LogP contribution in [0.3, 0.4) is 0 Å². The minimum atomic E-state index is -1.06.